The third-order valence-corrected chi connectivity index (χ3v) is 7.94. The number of piperidine rings is 1. The van der Waals surface area contributed by atoms with Crippen molar-refractivity contribution in [3.05, 3.63) is 29.3 Å². The van der Waals surface area contributed by atoms with Gasteiger partial charge in [0, 0.05) is 50.0 Å². The lowest BCUT2D eigenvalue weighted by molar-refractivity contribution is -0.231. The Labute approximate surface area is 180 Å². The monoisotopic (exact) mass is 412 g/mol. The van der Waals surface area contributed by atoms with Gasteiger partial charge in [0.15, 0.2) is 0 Å². The van der Waals surface area contributed by atoms with Crippen LogP contribution in [0.25, 0.3) is 0 Å². The first-order valence-corrected chi connectivity index (χ1v) is 12.1. The molecule has 5 rings (SSSR count). The van der Waals surface area contributed by atoms with Gasteiger partial charge in [-0.3, -0.25) is 9.69 Å². The summed E-state index contributed by atoms with van der Waals surface area (Å²) in [4.78, 5) is 14.7. The van der Waals surface area contributed by atoms with Gasteiger partial charge < -0.3 is 14.8 Å². The maximum absolute atomic E-state index is 12.1. The second kappa shape index (κ2) is 8.51. The average Bonchev–Trinajstić information content (AvgIpc) is 2.74. The van der Waals surface area contributed by atoms with Gasteiger partial charge in [0.2, 0.25) is 11.7 Å². The quantitative estimate of drug-likeness (QED) is 0.799. The topological polar surface area (TPSA) is 50.8 Å². The van der Waals surface area contributed by atoms with Crippen LogP contribution in [0.15, 0.2) is 18.2 Å². The first kappa shape index (κ1) is 20.3. The predicted octanol–water partition coefficient (Wildman–Crippen LogP) is 4.35. The summed E-state index contributed by atoms with van der Waals surface area (Å²) >= 11 is 0. The molecule has 0 bridgehead atoms. The van der Waals surface area contributed by atoms with E-state index >= 15 is 0 Å². The van der Waals surface area contributed by atoms with Gasteiger partial charge in [0.05, 0.1) is 6.61 Å². The van der Waals surface area contributed by atoms with Crippen molar-refractivity contribution in [2.75, 3.05) is 19.6 Å². The summed E-state index contributed by atoms with van der Waals surface area (Å²) < 4.78 is 12.8. The molecule has 1 spiro atoms. The molecule has 0 radical (unpaired) electrons. The van der Waals surface area contributed by atoms with E-state index in [1.807, 2.05) is 6.92 Å². The first-order chi connectivity index (χ1) is 14.7. The van der Waals surface area contributed by atoms with E-state index in [0.717, 1.165) is 70.0 Å². The number of fused-ring (bicyclic) bond motifs is 1. The Bertz CT molecular complexity index is 760. The third-order valence-electron chi connectivity index (χ3n) is 7.94. The molecule has 0 atom stereocenters. The zero-order chi connectivity index (χ0) is 20.6. The highest BCUT2D eigenvalue weighted by Gasteiger charge is 2.43. The molecule has 1 saturated heterocycles. The fraction of sp³-hybridized carbons (Fsp3) is 0.720. The highest BCUT2D eigenvalue weighted by Crippen LogP contribution is 2.42. The minimum absolute atomic E-state index is 0.191. The van der Waals surface area contributed by atoms with Gasteiger partial charge in [-0.2, -0.15) is 0 Å². The average molecular weight is 413 g/mol. The maximum atomic E-state index is 12.1. The van der Waals surface area contributed by atoms with Gasteiger partial charge >= 0.3 is 0 Å². The largest absolute Gasteiger partial charge is 0.462 e. The number of rotatable bonds is 4. The fourth-order valence-electron chi connectivity index (χ4n) is 5.74. The van der Waals surface area contributed by atoms with Crippen LogP contribution in [0.4, 0.5) is 0 Å². The van der Waals surface area contributed by atoms with E-state index in [2.05, 4.69) is 28.4 Å². The van der Waals surface area contributed by atoms with Gasteiger partial charge in [0.25, 0.3) is 0 Å². The molecule has 3 fully saturated rings. The van der Waals surface area contributed by atoms with Gasteiger partial charge in [-0.05, 0) is 69.1 Å². The summed E-state index contributed by atoms with van der Waals surface area (Å²) in [6, 6.07) is 7.52. The van der Waals surface area contributed by atoms with Crippen LogP contribution in [0.3, 0.4) is 0 Å². The van der Waals surface area contributed by atoms with E-state index in [4.69, 9.17) is 9.47 Å². The molecule has 1 aromatic rings. The van der Waals surface area contributed by atoms with Crippen molar-refractivity contribution in [3.8, 4) is 5.75 Å². The SMILES string of the molecule is CCNC(=O)C1CCC(c2ccc3c(c2)COC2(CCN(C4CCC4)CC2)O3)CC1. The highest BCUT2D eigenvalue weighted by molar-refractivity contribution is 5.78. The molecule has 4 aliphatic rings. The van der Waals surface area contributed by atoms with Crippen molar-refractivity contribution in [1.82, 2.24) is 10.2 Å². The summed E-state index contributed by atoms with van der Waals surface area (Å²) in [6.45, 7) is 5.55. The zero-order valence-corrected chi connectivity index (χ0v) is 18.3. The summed E-state index contributed by atoms with van der Waals surface area (Å²) in [7, 11) is 0. The van der Waals surface area contributed by atoms with Crippen molar-refractivity contribution in [2.24, 2.45) is 5.92 Å². The van der Waals surface area contributed by atoms with Crippen molar-refractivity contribution in [3.63, 3.8) is 0 Å². The Hall–Kier alpha value is -1.59. The number of amides is 1. The minimum atomic E-state index is -0.417. The van der Waals surface area contributed by atoms with Crippen LogP contribution < -0.4 is 10.1 Å². The second-order valence-electron chi connectivity index (χ2n) is 9.73. The summed E-state index contributed by atoms with van der Waals surface area (Å²) in [5.41, 5.74) is 2.57. The predicted molar refractivity (Wildman–Crippen MR) is 116 cm³/mol. The first-order valence-electron chi connectivity index (χ1n) is 12.1. The van der Waals surface area contributed by atoms with E-state index in [1.165, 1.54) is 30.4 Å². The molecule has 1 amide bonds. The molecule has 5 heteroatoms. The molecule has 30 heavy (non-hydrogen) atoms. The Morgan fingerprint density at radius 2 is 1.90 bits per heavy atom. The molecule has 1 aromatic carbocycles. The highest BCUT2D eigenvalue weighted by atomic mass is 16.7. The molecule has 2 saturated carbocycles. The van der Waals surface area contributed by atoms with Gasteiger partial charge in [-0.1, -0.05) is 12.5 Å². The van der Waals surface area contributed by atoms with Crippen LogP contribution in [0.1, 0.15) is 81.8 Å². The van der Waals surface area contributed by atoms with E-state index < -0.39 is 5.79 Å². The van der Waals surface area contributed by atoms with Crippen LogP contribution >= 0.6 is 0 Å². The number of ether oxygens (including phenoxy) is 2. The third kappa shape index (κ3) is 3.99. The van der Waals surface area contributed by atoms with Crippen molar-refractivity contribution in [1.29, 1.82) is 0 Å². The van der Waals surface area contributed by atoms with E-state index in [-0.39, 0.29) is 11.8 Å². The summed E-state index contributed by atoms with van der Waals surface area (Å²) in [5, 5.41) is 2.98. The van der Waals surface area contributed by atoms with E-state index in [9.17, 15) is 4.79 Å². The fourth-order valence-corrected chi connectivity index (χ4v) is 5.74. The van der Waals surface area contributed by atoms with Crippen LogP contribution in [0.2, 0.25) is 0 Å². The number of carbonyl (C=O) groups excluding carboxylic acids is 1. The summed E-state index contributed by atoms with van der Waals surface area (Å²) in [6.07, 6.45) is 10.2. The molecule has 2 heterocycles. The molecule has 2 aliphatic heterocycles. The zero-order valence-electron chi connectivity index (χ0n) is 18.3. The Balaban J connectivity index is 1.19. The molecule has 1 N–H and O–H groups in total. The maximum Gasteiger partial charge on any atom is 0.223 e. The van der Waals surface area contributed by atoms with Crippen LogP contribution in [-0.4, -0.2) is 42.3 Å². The number of nitrogens with one attached hydrogen (secondary N) is 1. The van der Waals surface area contributed by atoms with Crippen LogP contribution in [0, 0.1) is 5.92 Å². The molecule has 0 aromatic heterocycles. The van der Waals surface area contributed by atoms with Crippen LogP contribution in [0.5, 0.6) is 5.75 Å². The lowest BCUT2D eigenvalue weighted by Gasteiger charge is -2.47. The Morgan fingerprint density at radius 3 is 2.57 bits per heavy atom. The van der Waals surface area contributed by atoms with Gasteiger partial charge in [-0.15, -0.1) is 0 Å². The summed E-state index contributed by atoms with van der Waals surface area (Å²) in [5.74, 6) is 1.56. The molecular formula is C25H36N2O3. The smallest absolute Gasteiger partial charge is 0.223 e. The van der Waals surface area contributed by atoms with E-state index in [1.54, 1.807) is 0 Å². The molecule has 0 unspecified atom stereocenters. The number of hydrogen-bond acceptors (Lipinski definition) is 4. The molecule has 2 aliphatic carbocycles. The van der Waals surface area contributed by atoms with Crippen molar-refractivity contribution >= 4 is 5.91 Å². The molecule has 5 nitrogen and oxygen atoms in total. The lowest BCUT2D eigenvalue weighted by Crippen LogP contribution is -2.54. The van der Waals surface area contributed by atoms with Crippen LogP contribution in [-0.2, 0) is 16.1 Å². The molecular weight excluding hydrogens is 376 g/mol. The molecule has 164 valence electrons. The number of hydrogen-bond donors (Lipinski definition) is 1. The van der Waals surface area contributed by atoms with Crippen molar-refractivity contribution in [2.45, 2.75) is 89.1 Å². The minimum Gasteiger partial charge on any atom is -0.462 e. The Kier molecular flexibility index (Phi) is 5.76. The number of likely N-dealkylation sites (tertiary alicyclic amines) is 1. The standard InChI is InChI=1S/C25H36N2O3/c1-2-26-24(28)19-8-6-18(7-9-19)20-10-11-23-21(16-20)17-29-25(30-23)12-14-27(15-13-25)22-4-3-5-22/h10-11,16,18-19,22H,2-9,12-15,17H2,1H3,(H,26,28). The van der Waals surface area contributed by atoms with Gasteiger partial charge in [-0.25, -0.2) is 0 Å². The lowest BCUT2D eigenvalue weighted by atomic mass is 9.78. The van der Waals surface area contributed by atoms with Crippen molar-refractivity contribution < 1.29 is 14.3 Å². The Morgan fingerprint density at radius 1 is 1.13 bits per heavy atom. The second-order valence-corrected chi connectivity index (χ2v) is 9.73. The normalized spacial score (nSPS) is 29.0. The number of carbonyl (C=O) groups is 1. The number of nitrogens with zero attached hydrogens (tertiary/aromatic N) is 1. The van der Waals surface area contributed by atoms with Gasteiger partial charge in [0.1, 0.15) is 5.75 Å². The number of benzene rings is 1. The van der Waals surface area contributed by atoms with E-state index in [0.29, 0.717) is 12.5 Å².